The predicted molar refractivity (Wildman–Crippen MR) is 137 cm³/mol. The van der Waals surface area contributed by atoms with Gasteiger partial charge in [0.1, 0.15) is 17.2 Å². The van der Waals surface area contributed by atoms with Crippen molar-refractivity contribution in [3.05, 3.63) is 78.1 Å². The fraction of sp³-hybridized carbons (Fsp3) is 0.185. The van der Waals surface area contributed by atoms with Crippen molar-refractivity contribution in [1.82, 2.24) is 5.32 Å². The lowest BCUT2D eigenvalue weighted by molar-refractivity contribution is 0.0964. The minimum Gasteiger partial charge on any atom is -0.455 e. The molecule has 0 bridgehead atoms. The largest absolute Gasteiger partial charge is 0.455 e. The fourth-order valence-corrected chi connectivity index (χ4v) is 5.14. The van der Waals surface area contributed by atoms with Crippen LogP contribution in [0.3, 0.4) is 0 Å². The summed E-state index contributed by atoms with van der Waals surface area (Å²) in [5.41, 5.74) is 2.69. The number of sulfonamides is 1. The van der Waals surface area contributed by atoms with Crippen molar-refractivity contribution < 1.29 is 22.0 Å². The minimum atomic E-state index is -3.72. The van der Waals surface area contributed by atoms with Crippen LogP contribution in [0.4, 0.5) is 10.1 Å². The molecule has 2 N–H and O–H groups in total. The number of fused-ring (bicyclic) bond motifs is 1. The molecule has 1 aromatic heterocycles. The molecule has 0 atom stereocenters. The Morgan fingerprint density at radius 2 is 1.75 bits per heavy atom. The summed E-state index contributed by atoms with van der Waals surface area (Å²) < 4.78 is 47.9. The lowest BCUT2D eigenvalue weighted by Gasteiger charge is -2.13. The maximum atomic E-state index is 13.5. The molecule has 9 heteroatoms. The number of nitrogens with one attached hydrogen (secondary N) is 2. The maximum absolute atomic E-state index is 13.5. The third kappa shape index (κ3) is 5.39. The summed E-state index contributed by atoms with van der Waals surface area (Å²) in [6.45, 7) is 0. The zero-order chi connectivity index (χ0) is 25.7. The van der Waals surface area contributed by atoms with Gasteiger partial charge in [-0.15, -0.1) is 0 Å². The van der Waals surface area contributed by atoms with Crippen molar-refractivity contribution >= 4 is 32.6 Å². The van der Waals surface area contributed by atoms with E-state index in [0.29, 0.717) is 40.6 Å². The molecular formula is C27H24FN3O4S. The Hall–Kier alpha value is -4.16. The van der Waals surface area contributed by atoms with Crippen LogP contribution in [-0.4, -0.2) is 27.1 Å². The van der Waals surface area contributed by atoms with Gasteiger partial charge in [0.05, 0.1) is 23.1 Å². The van der Waals surface area contributed by atoms with Crippen LogP contribution in [0, 0.1) is 17.1 Å². The summed E-state index contributed by atoms with van der Waals surface area (Å²) in [5.74, 6) is -0.698. The Bertz CT molecular complexity index is 1540. The van der Waals surface area contributed by atoms with Crippen molar-refractivity contribution in [3.8, 4) is 28.5 Å². The van der Waals surface area contributed by atoms with Gasteiger partial charge in [0.2, 0.25) is 10.0 Å². The van der Waals surface area contributed by atoms with Gasteiger partial charge < -0.3 is 9.73 Å². The molecule has 4 rings (SSSR count). The zero-order valence-corrected chi connectivity index (χ0v) is 20.4. The van der Waals surface area contributed by atoms with Crippen LogP contribution in [-0.2, 0) is 10.0 Å². The second kappa shape index (κ2) is 10.6. The normalized spacial score (nSPS) is 11.2. The van der Waals surface area contributed by atoms with Crippen LogP contribution >= 0.6 is 0 Å². The number of rotatable bonds is 9. The average Bonchev–Trinajstić information content (AvgIpc) is 3.24. The molecule has 36 heavy (non-hydrogen) atoms. The quantitative estimate of drug-likeness (QED) is 0.283. The SMILES string of the molecule is CNC(=O)c1c(-c2ccc(F)cc2)oc2cc(NS(=O)(=O)CCCCC#N)c(-c3ccccc3)cc12. The highest BCUT2D eigenvalue weighted by Gasteiger charge is 2.24. The summed E-state index contributed by atoms with van der Waals surface area (Å²) in [7, 11) is -2.21. The number of carbonyl (C=O) groups excluding carboxylic acids is 1. The predicted octanol–water partition coefficient (Wildman–Crippen LogP) is 5.70. The number of hydrogen-bond donors (Lipinski definition) is 2. The van der Waals surface area contributed by atoms with E-state index in [2.05, 4.69) is 10.0 Å². The molecule has 4 aromatic rings. The van der Waals surface area contributed by atoms with E-state index in [1.54, 1.807) is 12.1 Å². The minimum absolute atomic E-state index is 0.135. The molecule has 184 valence electrons. The van der Waals surface area contributed by atoms with Gasteiger partial charge in [0.15, 0.2) is 0 Å². The van der Waals surface area contributed by atoms with Crippen LogP contribution in [0.25, 0.3) is 33.4 Å². The van der Waals surface area contributed by atoms with E-state index in [1.165, 1.54) is 31.3 Å². The van der Waals surface area contributed by atoms with Crippen LogP contribution in [0.1, 0.15) is 29.6 Å². The molecule has 0 saturated carbocycles. The van der Waals surface area contributed by atoms with E-state index in [4.69, 9.17) is 9.68 Å². The number of carbonyl (C=O) groups is 1. The van der Waals surface area contributed by atoms with Crippen molar-refractivity contribution in [2.45, 2.75) is 19.3 Å². The molecule has 0 fully saturated rings. The Kier molecular flexibility index (Phi) is 7.36. The number of amides is 1. The number of nitrogens with zero attached hydrogens (tertiary/aromatic N) is 1. The van der Waals surface area contributed by atoms with Gasteiger partial charge in [-0.3, -0.25) is 9.52 Å². The Morgan fingerprint density at radius 1 is 1.03 bits per heavy atom. The van der Waals surface area contributed by atoms with E-state index in [0.717, 1.165) is 5.56 Å². The van der Waals surface area contributed by atoms with Gasteiger partial charge >= 0.3 is 0 Å². The highest BCUT2D eigenvalue weighted by atomic mass is 32.2. The lowest BCUT2D eigenvalue weighted by Crippen LogP contribution is -2.18. The first-order valence-electron chi connectivity index (χ1n) is 11.3. The average molecular weight is 506 g/mol. The monoisotopic (exact) mass is 505 g/mol. The van der Waals surface area contributed by atoms with E-state index in [-0.39, 0.29) is 23.5 Å². The number of furan rings is 1. The van der Waals surface area contributed by atoms with E-state index >= 15 is 0 Å². The third-order valence-corrected chi connectivity index (χ3v) is 7.05. The van der Waals surface area contributed by atoms with Gasteiger partial charge in [-0.25, -0.2) is 12.8 Å². The number of anilines is 1. The van der Waals surface area contributed by atoms with Gasteiger partial charge in [0, 0.05) is 36.0 Å². The molecule has 1 heterocycles. The van der Waals surface area contributed by atoms with Crippen LogP contribution in [0.2, 0.25) is 0 Å². The van der Waals surface area contributed by atoms with Gasteiger partial charge in [-0.2, -0.15) is 5.26 Å². The van der Waals surface area contributed by atoms with E-state index < -0.39 is 21.7 Å². The van der Waals surface area contributed by atoms with Crippen LogP contribution in [0.15, 0.2) is 71.1 Å². The van der Waals surface area contributed by atoms with Gasteiger partial charge in [-0.05, 0) is 48.7 Å². The number of benzene rings is 3. The van der Waals surface area contributed by atoms with Crippen LogP contribution in [0.5, 0.6) is 0 Å². The van der Waals surface area contributed by atoms with Crippen molar-refractivity contribution in [3.63, 3.8) is 0 Å². The first kappa shape index (κ1) is 24.9. The molecule has 1 amide bonds. The number of halogens is 1. The Morgan fingerprint density at radius 3 is 2.42 bits per heavy atom. The molecule has 0 saturated heterocycles. The van der Waals surface area contributed by atoms with Crippen molar-refractivity contribution in [2.75, 3.05) is 17.5 Å². The molecule has 7 nitrogen and oxygen atoms in total. The first-order valence-corrected chi connectivity index (χ1v) is 13.0. The molecule has 0 aliphatic heterocycles. The van der Waals surface area contributed by atoms with Crippen LogP contribution < -0.4 is 10.0 Å². The molecule has 0 unspecified atom stereocenters. The van der Waals surface area contributed by atoms with Crippen molar-refractivity contribution in [2.24, 2.45) is 0 Å². The second-order valence-electron chi connectivity index (χ2n) is 8.19. The molecule has 0 spiro atoms. The van der Waals surface area contributed by atoms with E-state index in [9.17, 15) is 17.6 Å². The molecule has 3 aromatic carbocycles. The fourth-order valence-electron chi connectivity index (χ4n) is 3.95. The van der Waals surface area contributed by atoms with Gasteiger partial charge in [-0.1, -0.05) is 30.3 Å². The Balaban J connectivity index is 1.88. The maximum Gasteiger partial charge on any atom is 0.255 e. The topological polar surface area (TPSA) is 112 Å². The summed E-state index contributed by atoms with van der Waals surface area (Å²) in [6.07, 6.45) is 1.12. The summed E-state index contributed by atoms with van der Waals surface area (Å²) in [4.78, 5) is 12.9. The standard InChI is InChI=1S/C27H24FN3O4S/c1-30-27(32)25-22-16-21(18-8-4-2-5-9-18)23(31-36(33,34)15-7-3-6-14-29)17-24(22)35-26(25)19-10-12-20(28)13-11-19/h2,4-5,8-13,16-17,31H,3,6-7,15H2,1H3,(H,30,32). The number of unbranched alkanes of at least 4 members (excludes halogenated alkanes) is 2. The number of nitriles is 1. The van der Waals surface area contributed by atoms with Crippen molar-refractivity contribution in [1.29, 1.82) is 5.26 Å². The number of hydrogen-bond acceptors (Lipinski definition) is 5. The summed E-state index contributed by atoms with van der Waals surface area (Å²) in [5, 5.41) is 11.8. The summed E-state index contributed by atoms with van der Waals surface area (Å²) in [6, 6.07) is 20.1. The zero-order valence-electron chi connectivity index (χ0n) is 19.5. The smallest absolute Gasteiger partial charge is 0.255 e. The highest BCUT2D eigenvalue weighted by Crippen LogP contribution is 2.40. The second-order valence-corrected chi connectivity index (χ2v) is 10.0. The molecule has 0 radical (unpaired) electrons. The van der Waals surface area contributed by atoms with E-state index in [1.807, 2.05) is 36.4 Å². The highest BCUT2D eigenvalue weighted by molar-refractivity contribution is 7.92. The van der Waals surface area contributed by atoms with Gasteiger partial charge in [0.25, 0.3) is 5.91 Å². The first-order chi connectivity index (χ1) is 17.3. The lowest BCUT2D eigenvalue weighted by atomic mass is 9.99. The summed E-state index contributed by atoms with van der Waals surface area (Å²) >= 11 is 0. The molecule has 0 aliphatic carbocycles. The molecular weight excluding hydrogens is 481 g/mol. The Labute approximate surface area is 208 Å². The third-order valence-electron chi connectivity index (χ3n) is 5.69. The molecule has 0 aliphatic rings.